The molecule has 3 aliphatic heterocycles. The highest BCUT2D eigenvalue weighted by atomic mass is 32.2. The summed E-state index contributed by atoms with van der Waals surface area (Å²) in [6.45, 7) is 12.1. The molecule has 3 aliphatic rings. The lowest BCUT2D eigenvalue weighted by molar-refractivity contribution is -0.113. The van der Waals surface area contributed by atoms with Crippen LogP contribution in [-0.4, -0.2) is 95.4 Å². The van der Waals surface area contributed by atoms with E-state index in [1.807, 2.05) is 5.01 Å². The Morgan fingerprint density at radius 3 is 2.53 bits per heavy atom. The number of hydrazine groups is 1. The Labute approximate surface area is 228 Å². The Morgan fingerprint density at radius 1 is 1.18 bits per heavy atom. The van der Waals surface area contributed by atoms with E-state index < -0.39 is 25.1 Å². The maximum atomic E-state index is 14.2. The molecule has 0 bridgehead atoms. The third kappa shape index (κ3) is 6.68. The average molecular weight is 566 g/mol. The molecule has 0 unspecified atom stereocenters. The summed E-state index contributed by atoms with van der Waals surface area (Å²) in [6, 6.07) is 4.33. The van der Waals surface area contributed by atoms with Crippen molar-refractivity contribution in [1.82, 2.24) is 19.6 Å². The highest BCUT2D eigenvalue weighted by molar-refractivity contribution is 8.18. The molecule has 2 amide bonds. The predicted octanol–water partition coefficient (Wildman–Crippen LogP) is 4.95. The van der Waals surface area contributed by atoms with Gasteiger partial charge in [-0.05, 0) is 74.8 Å². The number of ether oxygens (including phenoxy) is 1. The number of amides is 2. The van der Waals surface area contributed by atoms with Crippen LogP contribution in [0, 0.1) is 5.82 Å². The number of carbonyl (C=O) groups is 2. The number of piperidine rings is 1. The van der Waals surface area contributed by atoms with Gasteiger partial charge in [-0.3, -0.25) is 9.80 Å². The smallest absolute Gasteiger partial charge is 0.410 e. The summed E-state index contributed by atoms with van der Waals surface area (Å²) in [6.07, 6.45) is 4.59. The minimum atomic E-state index is -2.59. The van der Waals surface area contributed by atoms with Crippen LogP contribution in [-0.2, 0) is 9.36 Å². The quantitative estimate of drug-likeness (QED) is 0.354. The molecule has 0 saturated carbocycles. The van der Waals surface area contributed by atoms with E-state index in [0.717, 1.165) is 50.5 Å². The minimum absolute atomic E-state index is 0.183. The zero-order valence-electron chi connectivity index (χ0n) is 22.6. The summed E-state index contributed by atoms with van der Waals surface area (Å²) in [5.74, 6) is -0.784. The molecule has 0 aliphatic carbocycles. The van der Waals surface area contributed by atoms with E-state index in [1.165, 1.54) is 24.3 Å². The van der Waals surface area contributed by atoms with Crippen LogP contribution in [0.5, 0.6) is 5.75 Å². The Morgan fingerprint density at radius 2 is 1.87 bits per heavy atom. The van der Waals surface area contributed by atoms with Crippen molar-refractivity contribution in [2.75, 3.05) is 52.6 Å². The summed E-state index contributed by atoms with van der Waals surface area (Å²) in [5, 5.41) is 2.28. The number of amidine groups is 1. The maximum absolute atomic E-state index is 14.2. The third-order valence-electron chi connectivity index (χ3n) is 7.15. The number of hydrogen-bond acceptors (Lipinski definition) is 7. The van der Waals surface area contributed by atoms with Gasteiger partial charge in [-0.15, -0.1) is 0 Å². The van der Waals surface area contributed by atoms with E-state index in [2.05, 4.69) is 23.7 Å². The monoisotopic (exact) mass is 565 g/mol. The van der Waals surface area contributed by atoms with Gasteiger partial charge >= 0.3 is 6.09 Å². The number of likely N-dealkylation sites (tertiary alicyclic amines) is 1. The lowest BCUT2D eigenvalue weighted by atomic mass is 10.0. The predicted molar refractivity (Wildman–Crippen MR) is 150 cm³/mol. The summed E-state index contributed by atoms with van der Waals surface area (Å²) < 4.78 is 34.5. The van der Waals surface area contributed by atoms with Gasteiger partial charge in [0.15, 0.2) is 12.5 Å². The molecule has 208 valence electrons. The number of rotatable bonds is 6. The molecule has 2 fully saturated rings. The van der Waals surface area contributed by atoms with Gasteiger partial charge in [0.2, 0.25) is 0 Å². The van der Waals surface area contributed by atoms with Crippen molar-refractivity contribution in [2.24, 2.45) is 4.99 Å². The molecular weight excluding hydrogens is 528 g/mol. The van der Waals surface area contributed by atoms with Gasteiger partial charge in [-0.25, -0.2) is 9.18 Å². The van der Waals surface area contributed by atoms with Crippen molar-refractivity contribution in [1.29, 1.82) is 0 Å². The topological polar surface area (TPSA) is 85.8 Å². The zero-order valence-corrected chi connectivity index (χ0v) is 24.3. The van der Waals surface area contributed by atoms with E-state index in [1.54, 1.807) is 23.0 Å². The number of halogens is 1. The molecule has 0 spiro atoms. The van der Waals surface area contributed by atoms with Crippen LogP contribution in [0.2, 0.25) is 0 Å². The summed E-state index contributed by atoms with van der Waals surface area (Å²) in [5.41, 5.74) is 0.288. The molecule has 0 atom stereocenters. The molecule has 0 N–H and O–H groups in total. The van der Waals surface area contributed by atoms with E-state index in [-0.39, 0.29) is 16.2 Å². The number of benzene rings is 1. The fraction of sp³-hybridized carbons (Fsp3) is 0.577. The summed E-state index contributed by atoms with van der Waals surface area (Å²) in [7, 11) is -2.59. The van der Waals surface area contributed by atoms with Gasteiger partial charge in [0.1, 0.15) is 11.6 Å². The van der Waals surface area contributed by atoms with Gasteiger partial charge in [0, 0.05) is 51.1 Å². The SMILES string of the molecule is CCN(CC)C1CCN(C(=O)Oc2ccc(F)cc2/C=C2\SC(N3CCCCN3P(C)(C)=O)=NC2=O)CC1. The second-order valence-corrected chi connectivity index (χ2v) is 14.1. The Bertz CT molecular complexity index is 1160. The number of hydrogen-bond donors (Lipinski definition) is 0. The minimum Gasteiger partial charge on any atom is -0.410 e. The Kier molecular flexibility index (Phi) is 9.34. The molecule has 1 aromatic carbocycles. The molecule has 0 radical (unpaired) electrons. The summed E-state index contributed by atoms with van der Waals surface area (Å²) in [4.78, 5) is 34.3. The number of nitrogens with zero attached hydrogens (tertiary/aromatic N) is 5. The number of carbonyl (C=O) groups excluding carboxylic acids is 2. The van der Waals surface area contributed by atoms with E-state index >= 15 is 0 Å². The molecule has 3 heterocycles. The molecule has 9 nitrogen and oxygen atoms in total. The second-order valence-electron chi connectivity index (χ2n) is 10.0. The van der Waals surface area contributed by atoms with E-state index in [9.17, 15) is 18.5 Å². The second kappa shape index (κ2) is 12.3. The van der Waals surface area contributed by atoms with Crippen LogP contribution in [0.25, 0.3) is 6.08 Å². The fourth-order valence-electron chi connectivity index (χ4n) is 5.13. The first-order chi connectivity index (χ1) is 18.1. The lowest BCUT2D eigenvalue weighted by Gasteiger charge is -2.41. The first-order valence-corrected chi connectivity index (χ1v) is 16.6. The van der Waals surface area contributed by atoms with Gasteiger partial charge in [-0.2, -0.15) is 9.77 Å². The van der Waals surface area contributed by atoms with Crippen molar-refractivity contribution >= 4 is 42.3 Å². The van der Waals surface area contributed by atoms with Crippen LogP contribution >= 0.6 is 19.1 Å². The first kappa shape index (κ1) is 28.8. The van der Waals surface area contributed by atoms with Crippen molar-refractivity contribution in [3.8, 4) is 5.75 Å². The van der Waals surface area contributed by atoms with Crippen molar-refractivity contribution in [3.05, 3.63) is 34.5 Å². The van der Waals surface area contributed by atoms with Gasteiger partial charge in [0.25, 0.3) is 5.91 Å². The molecule has 2 saturated heterocycles. The van der Waals surface area contributed by atoms with Gasteiger partial charge in [-0.1, -0.05) is 13.8 Å². The van der Waals surface area contributed by atoms with Crippen LogP contribution in [0.3, 0.4) is 0 Å². The molecular formula is C26H37FN5O4PS. The Hall–Kier alpha value is -2.20. The average Bonchev–Trinajstić information content (AvgIpc) is 3.26. The maximum Gasteiger partial charge on any atom is 0.415 e. The van der Waals surface area contributed by atoms with E-state index in [0.29, 0.717) is 37.4 Å². The molecule has 38 heavy (non-hydrogen) atoms. The standard InChI is InChI=1S/C26H37FN5O4PS/c1-5-29(6-2)21-11-15-30(16-12-21)26(34)36-22-10-9-20(27)17-19(22)18-23-24(33)28-25(38-23)31-13-7-8-14-32(31)37(3,4)35/h9-10,17-18,21H,5-8,11-16H2,1-4H3/b23-18-. The summed E-state index contributed by atoms with van der Waals surface area (Å²) >= 11 is 1.16. The van der Waals surface area contributed by atoms with Crippen LogP contribution < -0.4 is 4.74 Å². The van der Waals surface area contributed by atoms with Crippen molar-refractivity contribution < 1.29 is 23.3 Å². The fourth-order valence-corrected chi connectivity index (χ4v) is 7.45. The van der Waals surface area contributed by atoms with Crippen molar-refractivity contribution in [2.45, 2.75) is 45.6 Å². The zero-order chi connectivity index (χ0) is 27.4. The molecule has 4 rings (SSSR count). The highest BCUT2D eigenvalue weighted by Crippen LogP contribution is 2.46. The highest BCUT2D eigenvalue weighted by Gasteiger charge is 2.35. The lowest BCUT2D eigenvalue weighted by Crippen LogP contribution is -2.47. The van der Waals surface area contributed by atoms with Gasteiger partial charge < -0.3 is 19.1 Å². The third-order valence-corrected chi connectivity index (χ3v) is 9.67. The van der Waals surface area contributed by atoms with Crippen LogP contribution in [0.1, 0.15) is 45.1 Å². The normalized spacial score (nSPS) is 20.9. The van der Waals surface area contributed by atoms with E-state index in [4.69, 9.17) is 4.74 Å². The molecule has 0 aromatic heterocycles. The van der Waals surface area contributed by atoms with Crippen LogP contribution in [0.4, 0.5) is 9.18 Å². The number of aliphatic imine (C=N–C) groups is 1. The molecule has 1 aromatic rings. The largest absolute Gasteiger partial charge is 0.415 e. The van der Waals surface area contributed by atoms with Gasteiger partial charge in [0.05, 0.1) is 4.91 Å². The van der Waals surface area contributed by atoms with Crippen LogP contribution in [0.15, 0.2) is 28.1 Å². The Balaban J connectivity index is 1.47. The first-order valence-electron chi connectivity index (χ1n) is 13.2. The van der Waals surface area contributed by atoms with Crippen molar-refractivity contribution in [3.63, 3.8) is 0 Å². The number of thioether (sulfide) groups is 1. The molecule has 12 heteroatoms.